The molecule has 0 radical (unpaired) electrons. The standard InChI is InChI=1S/C30H32FN5O5S/c1-41-19-6-9-34(10-7-19)13-17-12-24(32-28-20(17)8-11-35(28)18-15-42(40)16-18)22-3-2-21-23(27(22)31)14-36(30(21)39)25-4-5-26(37)33-29(25)38/h2-3,8,11-12,18-19,25H,4-7,9-10,13-16H2,1H3,(H,33,37,38). The lowest BCUT2D eigenvalue weighted by Crippen LogP contribution is -2.52. The van der Waals surface area contributed by atoms with Gasteiger partial charge >= 0.3 is 0 Å². The summed E-state index contributed by atoms with van der Waals surface area (Å²) in [6.45, 7) is 2.42. The molecule has 1 N–H and O–H groups in total. The number of aromatic nitrogens is 2. The van der Waals surface area contributed by atoms with E-state index in [0.29, 0.717) is 23.7 Å². The second-order valence-electron chi connectivity index (χ2n) is 11.6. The molecular formula is C30H32FN5O5S. The van der Waals surface area contributed by atoms with Gasteiger partial charge in [0.05, 0.1) is 24.4 Å². The van der Waals surface area contributed by atoms with E-state index in [4.69, 9.17) is 9.72 Å². The number of carbonyl (C=O) groups excluding carboxylic acids is 3. The molecule has 42 heavy (non-hydrogen) atoms. The van der Waals surface area contributed by atoms with E-state index >= 15 is 4.39 Å². The second kappa shape index (κ2) is 10.7. The zero-order chi connectivity index (χ0) is 29.1. The van der Waals surface area contributed by atoms with E-state index < -0.39 is 34.5 Å². The van der Waals surface area contributed by atoms with Crippen LogP contribution >= 0.6 is 0 Å². The molecule has 3 fully saturated rings. The number of halogens is 1. The van der Waals surface area contributed by atoms with Crippen LogP contribution in [0.5, 0.6) is 0 Å². The van der Waals surface area contributed by atoms with Gasteiger partial charge < -0.3 is 14.2 Å². The Morgan fingerprint density at radius 1 is 1.10 bits per heavy atom. The van der Waals surface area contributed by atoms with Crippen LogP contribution in [0.2, 0.25) is 0 Å². The average molecular weight is 594 g/mol. The summed E-state index contributed by atoms with van der Waals surface area (Å²) >= 11 is 0. The molecule has 1 atom stereocenters. The third-order valence-electron chi connectivity index (χ3n) is 9.11. The van der Waals surface area contributed by atoms with Crippen molar-refractivity contribution in [3.63, 3.8) is 0 Å². The first-order chi connectivity index (χ1) is 20.3. The van der Waals surface area contributed by atoms with Crippen LogP contribution in [0, 0.1) is 5.82 Å². The van der Waals surface area contributed by atoms with Gasteiger partial charge in [-0.2, -0.15) is 0 Å². The van der Waals surface area contributed by atoms with Crippen LogP contribution in [-0.2, 0) is 38.2 Å². The highest BCUT2D eigenvalue weighted by molar-refractivity contribution is 7.86. The number of hydrogen-bond donors (Lipinski definition) is 1. The van der Waals surface area contributed by atoms with Gasteiger partial charge in [-0.15, -0.1) is 0 Å². The summed E-state index contributed by atoms with van der Waals surface area (Å²) in [5, 5.41) is 3.28. The first-order valence-electron chi connectivity index (χ1n) is 14.4. The van der Waals surface area contributed by atoms with Crippen molar-refractivity contribution in [3.8, 4) is 11.3 Å². The number of benzene rings is 1. The number of pyridine rings is 1. The van der Waals surface area contributed by atoms with Crippen molar-refractivity contribution in [2.45, 2.75) is 57.0 Å². The fraction of sp³-hybridized carbons (Fsp3) is 0.467. The maximum atomic E-state index is 16.3. The Hall–Kier alpha value is -3.48. The monoisotopic (exact) mass is 593 g/mol. The van der Waals surface area contributed by atoms with Crippen LogP contribution in [0.1, 0.15) is 53.2 Å². The number of imide groups is 1. The number of amides is 3. The molecule has 0 spiro atoms. The van der Waals surface area contributed by atoms with Gasteiger partial charge in [0.15, 0.2) is 0 Å². The highest BCUT2D eigenvalue weighted by Gasteiger charge is 2.40. The Morgan fingerprint density at radius 2 is 1.86 bits per heavy atom. The lowest BCUT2D eigenvalue weighted by molar-refractivity contribution is -0.136. The van der Waals surface area contributed by atoms with Crippen LogP contribution < -0.4 is 5.32 Å². The number of carbonyl (C=O) groups is 3. The molecule has 220 valence electrons. The molecule has 0 saturated carbocycles. The fourth-order valence-electron chi connectivity index (χ4n) is 6.65. The van der Waals surface area contributed by atoms with Crippen molar-refractivity contribution in [1.82, 2.24) is 24.7 Å². The van der Waals surface area contributed by atoms with Gasteiger partial charge in [0.1, 0.15) is 17.5 Å². The highest BCUT2D eigenvalue weighted by atomic mass is 32.2. The maximum Gasteiger partial charge on any atom is 0.255 e. The van der Waals surface area contributed by atoms with Crippen molar-refractivity contribution in [2.24, 2.45) is 0 Å². The molecule has 10 nitrogen and oxygen atoms in total. The summed E-state index contributed by atoms with van der Waals surface area (Å²) in [4.78, 5) is 46.0. The molecule has 4 aliphatic heterocycles. The van der Waals surface area contributed by atoms with Crippen LogP contribution in [-0.4, -0.2) is 85.1 Å². The fourth-order valence-corrected chi connectivity index (χ4v) is 7.73. The Balaban J connectivity index is 1.25. The minimum absolute atomic E-state index is 0.0477. The molecule has 3 amide bonds. The molecule has 7 rings (SSSR count). The van der Waals surface area contributed by atoms with Crippen LogP contribution in [0.4, 0.5) is 4.39 Å². The van der Waals surface area contributed by atoms with E-state index in [1.807, 2.05) is 18.3 Å². The number of hydrogen-bond acceptors (Lipinski definition) is 7. The summed E-state index contributed by atoms with van der Waals surface area (Å²) in [6, 6.07) is 6.45. The number of likely N-dealkylation sites (tertiary alicyclic amines) is 1. The van der Waals surface area contributed by atoms with E-state index in [9.17, 15) is 18.6 Å². The summed E-state index contributed by atoms with van der Waals surface area (Å²) < 4.78 is 35.8. The number of nitrogens with zero attached hydrogens (tertiary/aromatic N) is 4. The number of nitrogens with one attached hydrogen (secondary N) is 1. The Bertz CT molecular complexity index is 1640. The molecule has 0 aliphatic carbocycles. The summed E-state index contributed by atoms with van der Waals surface area (Å²) in [5.74, 6) is -0.705. The molecule has 2 aromatic heterocycles. The zero-order valence-corrected chi connectivity index (χ0v) is 24.1. The number of fused-ring (bicyclic) bond motifs is 2. The van der Waals surface area contributed by atoms with E-state index in [2.05, 4.69) is 14.8 Å². The van der Waals surface area contributed by atoms with Crippen molar-refractivity contribution < 1.29 is 27.7 Å². The smallest absolute Gasteiger partial charge is 0.255 e. The van der Waals surface area contributed by atoms with Crippen LogP contribution in [0.3, 0.4) is 0 Å². The first kappa shape index (κ1) is 27.4. The zero-order valence-electron chi connectivity index (χ0n) is 23.3. The Labute approximate surface area is 244 Å². The Kier molecular flexibility index (Phi) is 6.94. The molecule has 3 saturated heterocycles. The number of ether oxygens (including phenoxy) is 1. The predicted molar refractivity (Wildman–Crippen MR) is 153 cm³/mol. The maximum absolute atomic E-state index is 16.3. The van der Waals surface area contributed by atoms with Gasteiger partial charge in [-0.3, -0.25) is 28.8 Å². The Morgan fingerprint density at radius 3 is 2.57 bits per heavy atom. The molecule has 0 bridgehead atoms. The minimum Gasteiger partial charge on any atom is -0.381 e. The van der Waals surface area contributed by atoms with Gasteiger partial charge in [0.2, 0.25) is 11.8 Å². The SMILES string of the molecule is COC1CCN(Cc2cc(-c3ccc4c(c3F)CN(C3CCC(=O)NC3=O)C4=O)nc3c2ccn3C2CS(=O)C2)CC1. The molecule has 12 heteroatoms. The lowest BCUT2D eigenvalue weighted by atomic mass is 10.00. The van der Waals surface area contributed by atoms with Crippen molar-refractivity contribution in [2.75, 3.05) is 31.7 Å². The van der Waals surface area contributed by atoms with Gasteiger partial charge in [-0.25, -0.2) is 9.37 Å². The normalized spacial score (nSPS) is 25.1. The van der Waals surface area contributed by atoms with E-state index in [0.717, 1.165) is 42.5 Å². The van der Waals surface area contributed by atoms with Gasteiger partial charge in [-0.1, -0.05) is 0 Å². The molecule has 3 aromatic rings. The lowest BCUT2D eigenvalue weighted by Gasteiger charge is -2.31. The molecule has 1 aromatic carbocycles. The van der Waals surface area contributed by atoms with Gasteiger partial charge in [0, 0.05) is 83.7 Å². The molecule has 6 heterocycles. The average Bonchev–Trinajstić information content (AvgIpc) is 3.53. The summed E-state index contributed by atoms with van der Waals surface area (Å²) in [7, 11) is 0.912. The van der Waals surface area contributed by atoms with Gasteiger partial charge in [-0.05, 0) is 49.1 Å². The minimum atomic E-state index is -0.836. The second-order valence-corrected chi connectivity index (χ2v) is 13.2. The first-order valence-corrected chi connectivity index (χ1v) is 15.9. The predicted octanol–water partition coefficient (Wildman–Crippen LogP) is 2.52. The number of rotatable bonds is 6. The van der Waals surface area contributed by atoms with Crippen molar-refractivity contribution in [3.05, 3.63) is 53.0 Å². The third-order valence-corrected chi connectivity index (χ3v) is 10.6. The highest BCUT2D eigenvalue weighted by Crippen LogP contribution is 2.36. The molecular weight excluding hydrogens is 561 g/mol. The molecule has 4 aliphatic rings. The van der Waals surface area contributed by atoms with E-state index in [1.54, 1.807) is 19.2 Å². The van der Waals surface area contributed by atoms with E-state index in [1.165, 1.54) is 4.90 Å². The number of methoxy groups -OCH3 is 1. The summed E-state index contributed by atoms with van der Waals surface area (Å²) in [6.07, 6.45) is 4.49. The molecule has 1 unspecified atom stereocenters. The third kappa shape index (κ3) is 4.65. The van der Waals surface area contributed by atoms with Crippen LogP contribution in [0.25, 0.3) is 22.3 Å². The topological polar surface area (TPSA) is 114 Å². The van der Waals surface area contributed by atoms with Crippen molar-refractivity contribution >= 4 is 39.6 Å². The van der Waals surface area contributed by atoms with Crippen molar-refractivity contribution in [1.29, 1.82) is 0 Å². The van der Waals surface area contributed by atoms with Crippen LogP contribution in [0.15, 0.2) is 30.5 Å². The largest absolute Gasteiger partial charge is 0.381 e. The quantitative estimate of drug-likeness (QED) is 0.437. The van der Waals surface area contributed by atoms with E-state index in [-0.39, 0.29) is 54.1 Å². The summed E-state index contributed by atoms with van der Waals surface area (Å²) in [5.41, 5.74) is 2.98. The van der Waals surface area contributed by atoms with Gasteiger partial charge in [0.25, 0.3) is 5.91 Å². The number of piperidine rings is 2.